The Morgan fingerprint density at radius 1 is 1.09 bits per heavy atom. The summed E-state index contributed by atoms with van der Waals surface area (Å²) in [5, 5.41) is 0. The smallest absolute Gasteiger partial charge is 0.329 e. The average Bonchev–Trinajstić information content (AvgIpc) is 2.97. The van der Waals surface area contributed by atoms with Crippen molar-refractivity contribution >= 4 is 17.7 Å². The van der Waals surface area contributed by atoms with Crippen molar-refractivity contribution in [3.05, 3.63) is 24.0 Å². The van der Waals surface area contributed by atoms with Gasteiger partial charge in [0.05, 0.1) is 18.9 Å². The number of carbonyl (C=O) groups excluding carboxylic acids is 3. The third-order valence-corrected chi connectivity index (χ3v) is 3.36. The fraction of sp³-hybridized carbons (Fsp3) is 0.588. The second-order valence-electron chi connectivity index (χ2n) is 5.09. The first-order valence-corrected chi connectivity index (χ1v) is 8.07. The molecule has 0 saturated heterocycles. The molecular formula is C17H25NO5. The van der Waals surface area contributed by atoms with Gasteiger partial charge in [0.25, 0.3) is 0 Å². The van der Waals surface area contributed by atoms with Gasteiger partial charge in [0, 0.05) is 19.0 Å². The summed E-state index contributed by atoms with van der Waals surface area (Å²) < 4.78 is 11.6. The van der Waals surface area contributed by atoms with Crippen LogP contribution in [-0.2, 0) is 19.1 Å². The summed E-state index contributed by atoms with van der Waals surface area (Å²) >= 11 is 0. The summed E-state index contributed by atoms with van der Waals surface area (Å²) in [7, 11) is 0. The van der Waals surface area contributed by atoms with Crippen LogP contribution in [0.2, 0.25) is 0 Å². The number of aromatic nitrogens is 1. The number of ketones is 1. The van der Waals surface area contributed by atoms with Crippen LogP contribution in [0.1, 0.15) is 63.0 Å². The van der Waals surface area contributed by atoms with Crippen molar-refractivity contribution in [3.63, 3.8) is 0 Å². The lowest BCUT2D eigenvalue weighted by Crippen LogP contribution is -2.25. The first-order valence-electron chi connectivity index (χ1n) is 8.07. The summed E-state index contributed by atoms with van der Waals surface area (Å²) in [5.74, 6) is -0.836. The minimum Gasteiger partial charge on any atom is -0.466 e. The quantitative estimate of drug-likeness (QED) is 0.489. The fourth-order valence-corrected chi connectivity index (χ4v) is 2.35. The van der Waals surface area contributed by atoms with Gasteiger partial charge in [-0.2, -0.15) is 0 Å². The summed E-state index contributed by atoms with van der Waals surface area (Å²) in [4.78, 5) is 36.0. The largest absolute Gasteiger partial charge is 0.466 e. The third kappa shape index (κ3) is 5.54. The maximum absolute atomic E-state index is 12.2. The van der Waals surface area contributed by atoms with Crippen molar-refractivity contribution in [2.45, 2.75) is 52.5 Å². The van der Waals surface area contributed by atoms with E-state index < -0.39 is 12.0 Å². The molecule has 6 nitrogen and oxygen atoms in total. The van der Waals surface area contributed by atoms with Crippen molar-refractivity contribution in [1.29, 1.82) is 0 Å². The van der Waals surface area contributed by atoms with E-state index in [1.807, 2.05) is 6.92 Å². The second kappa shape index (κ2) is 9.82. The van der Waals surface area contributed by atoms with E-state index in [9.17, 15) is 14.4 Å². The lowest BCUT2D eigenvalue weighted by molar-refractivity contribution is -0.148. The molecule has 0 aliphatic rings. The molecule has 0 fully saturated rings. The minimum absolute atomic E-state index is 0.0251. The molecule has 128 valence electrons. The van der Waals surface area contributed by atoms with Gasteiger partial charge in [0.15, 0.2) is 5.78 Å². The van der Waals surface area contributed by atoms with Gasteiger partial charge in [-0.15, -0.1) is 0 Å². The van der Waals surface area contributed by atoms with E-state index in [1.165, 1.54) is 0 Å². The minimum atomic E-state index is -0.704. The van der Waals surface area contributed by atoms with Gasteiger partial charge in [0.2, 0.25) is 0 Å². The number of nitrogens with zero attached hydrogens (tertiary/aromatic N) is 1. The molecule has 0 aromatic carbocycles. The Labute approximate surface area is 136 Å². The summed E-state index contributed by atoms with van der Waals surface area (Å²) in [5.41, 5.74) is 0.466. The molecule has 0 unspecified atom stereocenters. The fourth-order valence-electron chi connectivity index (χ4n) is 2.35. The molecule has 0 saturated carbocycles. The van der Waals surface area contributed by atoms with Crippen molar-refractivity contribution in [1.82, 2.24) is 4.57 Å². The van der Waals surface area contributed by atoms with E-state index in [0.717, 1.165) is 6.42 Å². The number of esters is 2. The second-order valence-corrected chi connectivity index (χ2v) is 5.09. The van der Waals surface area contributed by atoms with Gasteiger partial charge in [-0.05, 0) is 38.8 Å². The molecule has 1 rings (SSSR count). The molecule has 1 atom stereocenters. The molecule has 0 amide bonds. The molecule has 1 aromatic rings. The topological polar surface area (TPSA) is 74.6 Å². The summed E-state index contributed by atoms with van der Waals surface area (Å²) in [6, 6.07) is 2.71. The van der Waals surface area contributed by atoms with Gasteiger partial charge in [-0.1, -0.05) is 6.92 Å². The highest BCUT2D eigenvalue weighted by molar-refractivity contribution is 5.95. The monoisotopic (exact) mass is 323 g/mol. The Bertz CT molecular complexity index is 535. The van der Waals surface area contributed by atoms with Crippen molar-refractivity contribution < 1.29 is 23.9 Å². The molecule has 0 aliphatic carbocycles. The van der Waals surface area contributed by atoms with E-state index in [1.54, 1.807) is 36.7 Å². The van der Waals surface area contributed by atoms with Crippen LogP contribution in [-0.4, -0.2) is 35.5 Å². The number of rotatable bonds is 10. The highest BCUT2D eigenvalue weighted by Crippen LogP contribution is 2.21. The molecule has 0 bridgehead atoms. The van der Waals surface area contributed by atoms with Crippen LogP contribution in [0.15, 0.2) is 18.3 Å². The molecule has 0 radical (unpaired) electrons. The van der Waals surface area contributed by atoms with Gasteiger partial charge in [0.1, 0.15) is 6.04 Å². The van der Waals surface area contributed by atoms with Gasteiger partial charge in [-0.25, -0.2) is 4.79 Å². The maximum atomic E-state index is 12.2. The van der Waals surface area contributed by atoms with Crippen molar-refractivity contribution in [3.8, 4) is 0 Å². The zero-order valence-electron chi connectivity index (χ0n) is 14.0. The van der Waals surface area contributed by atoms with E-state index >= 15 is 0 Å². The molecular weight excluding hydrogens is 298 g/mol. The normalized spacial score (nSPS) is 11.8. The zero-order chi connectivity index (χ0) is 17.2. The predicted molar refractivity (Wildman–Crippen MR) is 85.2 cm³/mol. The molecule has 1 heterocycles. The van der Waals surface area contributed by atoms with E-state index in [0.29, 0.717) is 18.7 Å². The molecule has 1 aromatic heterocycles. The molecule has 0 aliphatic heterocycles. The van der Waals surface area contributed by atoms with Crippen LogP contribution in [0.3, 0.4) is 0 Å². The van der Waals surface area contributed by atoms with Crippen LogP contribution in [0.4, 0.5) is 0 Å². The number of ether oxygens (including phenoxy) is 2. The highest BCUT2D eigenvalue weighted by atomic mass is 16.5. The van der Waals surface area contributed by atoms with E-state index in [4.69, 9.17) is 9.47 Å². The third-order valence-electron chi connectivity index (χ3n) is 3.36. The number of hydrogen-bond donors (Lipinski definition) is 0. The average molecular weight is 323 g/mol. The number of hydrogen-bond acceptors (Lipinski definition) is 5. The number of Topliss-reactive ketones (excluding diaryl/α,β-unsaturated/α-hetero) is 1. The predicted octanol–water partition coefficient (Wildman–Crippen LogP) is 2.92. The number of carbonyl (C=O) groups is 3. The first kappa shape index (κ1) is 18.9. The van der Waals surface area contributed by atoms with Crippen LogP contribution < -0.4 is 0 Å². The first-order chi connectivity index (χ1) is 11.0. The maximum Gasteiger partial charge on any atom is 0.329 e. The van der Waals surface area contributed by atoms with Gasteiger partial charge >= 0.3 is 11.9 Å². The molecule has 6 heteroatoms. The Kier molecular flexibility index (Phi) is 8.08. The van der Waals surface area contributed by atoms with Gasteiger partial charge < -0.3 is 14.0 Å². The molecule has 0 N–H and O–H groups in total. The highest BCUT2D eigenvalue weighted by Gasteiger charge is 2.26. The van der Waals surface area contributed by atoms with Crippen LogP contribution >= 0.6 is 0 Å². The van der Waals surface area contributed by atoms with Crippen molar-refractivity contribution in [2.24, 2.45) is 0 Å². The van der Waals surface area contributed by atoms with Crippen LogP contribution in [0.25, 0.3) is 0 Å². The molecule has 23 heavy (non-hydrogen) atoms. The van der Waals surface area contributed by atoms with Crippen LogP contribution in [0, 0.1) is 0 Å². The standard InChI is InChI=1S/C17H25NO5/c1-4-8-15(19)13-9-7-12-18(13)14(17(21)23-6-3)10-11-16(20)22-5-2/h7,9,12,14H,4-6,8,10-11H2,1-3H3/t14-/m0/s1. The zero-order valence-corrected chi connectivity index (χ0v) is 14.0. The van der Waals surface area contributed by atoms with E-state index in [-0.39, 0.29) is 31.2 Å². The Morgan fingerprint density at radius 3 is 2.39 bits per heavy atom. The SMILES string of the molecule is CCCC(=O)c1cccn1[C@@H](CCC(=O)OCC)C(=O)OCC. The van der Waals surface area contributed by atoms with Crippen LogP contribution in [0.5, 0.6) is 0 Å². The Hall–Kier alpha value is -2.11. The van der Waals surface area contributed by atoms with Crippen molar-refractivity contribution in [2.75, 3.05) is 13.2 Å². The molecule has 0 spiro atoms. The Balaban J connectivity index is 2.96. The Morgan fingerprint density at radius 2 is 1.78 bits per heavy atom. The summed E-state index contributed by atoms with van der Waals surface area (Å²) in [6.45, 7) is 5.92. The van der Waals surface area contributed by atoms with E-state index in [2.05, 4.69) is 0 Å². The lowest BCUT2D eigenvalue weighted by Gasteiger charge is -2.19. The summed E-state index contributed by atoms with van der Waals surface area (Å²) in [6.07, 6.45) is 3.15. The lowest BCUT2D eigenvalue weighted by atomic mass is 10.1. The van der Waals surface area contributed by atoms with Gasteiger partial charge in [-0.3, -0.25) is 9.59 Å².